The third-order valence-electron chi connectivity index (χ3n) is 4.67. The number of H-pyrrole nitrogens is 1. The number of carbonyl (C=O) groups excluding carboxylic acids is 1. The van der Waals surface area contributed by atoms with Gasteiger partial charge in [0.25, 0.3) is 5.91 Å². The number of aromatic amines is 1. The zero-order valence-corrected chi connectivity index (χ0v) is 16.1. The van der Waals surface area contributed by atoms with Crippen molar-refractivity contribution in [3.63, 3.8) is 0 Å². The van der Waals surface area contributed by atoms with E-state index in [9.17, 15) is 4.79 Å². The lowest BCUT2D eigenvalue weighted by molar-refractivity contribution is 0.102. The van der Waals surface area contributed by atoms with Crippen molar-refractivity contribution >= 4 is 39.9 Å². The normalized spacial score (nSPS) is 11.2. The van der Waals surface area contributed by atoms with Crippen LogP contribution in [0.3, 0.4) is 0 Å². The van der Waals surface area contributed by atoms with Crippen molar-refractivity contribution in [2.45, 2.75) is 6.92 Å². The van der Waals surface area contributed by atoms with Crippen molar-refractivity contribution in [1.29, 1.82) is 0 Å². The number of nitrogens with zero attached hydrogens (tertiary/aromatic N) is 4. The van der Waals surface area contributed by atoms with Crippen LogP contribution in [0.15, 0.2) is 60.9 Å². The molecular weight excluding hydrogens is 388 g/mol. The Labute approximate surface area is 170 Å². The first kappa shape index (κ1) is 17.4. The fourth-order valence-electron chi connectivity index (χ4n) is 3.32. The average Bonchev–Trinajstić information content (AvgIpc) is 3.27. The highest BCUT2D eigenvalue weighted by Crippen LogP contribution is 2.28. The molecule has 8 heteroatoms. The molecule has 29 heavy (non-hydrogen) atoms. The molecule has 1 amide bonds. The second-order valence-corrected chi connectivity index (χ2v) is 7.01. The van der Waals surface area contributed by atoms with Gasteiger partial charge in [0.1, 0.15) is 11.4 Å². The number of hydrogen-bond donors (Lipinski definition) is 2. The van der Waals surface area contributed by atoms with Gasteiger partial charge >= 0.3 is 0 Å². The van der Waals surface area contributed by atoms with Gasteiger partial charge in [0, 0.05) is 23.6 Å². The highest BCUT2D eigenvalue weighted by atomic mass is 35.5. The van der Waals surface area contributed by atoms with E-state index in [4.69, 9.17) is 11.6 Å². The molecule has 0 aliphatic rings. The number of hydrogen-bond acceptors (Lipinski definition) is 4. The summed E-state index contributed by atoms with van der Waals surface area (Å²) in [6.07, 6.45) is 3.40. The van der Waals surface area contributed by atoms with E-state index in [1.165, 1.54) is 0 Å². The fourth-order valence-corrected chi connectivity index (χ4v) is 3.55. The van der Waals surface area contributed by atoms with Crippen LogP contribution in [0, 0.1) is 6.92 Å². The molecule has 7 nitrogen and oxygen atoms in total. The summed E-state index contributed by atoms with van der Waals surface area (Å²) in [4.78, 5) is 25.0. The van der Waals surface area contributed by atoms with E-state index in [0.717, 1.165) is 16.6 Å². The lowest BCUT2D eigenvalue weighted by Gasteiger charge is -2.04. The van der Waals surface area contributed by atoms with E-state index in [-0.39, 0.29) is 5.91 Å². The van der Waals surface area contributed by atoms with Gasteiger partial charge in [-0.2, -0.15) is 5.10 Å². The molecule has 142 valence electrons. The summed E-state index contributed by atoms with van der Waals surface area (Å²) in [5.41, 5.74) is 4.64. The van der Waals surface area contributed by atoms with Gasteiger partial charge in [0.15, 0.2) is 5.65 Å². The first-order chi connectivity index (χ1) is 14.1. The van der Waals surface area contributed by atoms with Gasteiger partial charge < -0.3 is 10.3 Å². The molecule has 0 spiro atoms. The van der Waals surface area contributed by atoms with E-state index in [0.29, 0.717) is 33.4 Å². The van der Waals surface area contributed by atoms with Crippen LogP contribution in [0.25, 0.3) is 28.1 Å². The topological polar surface area (TPSA) is 88.0 Å². The van der Waals surface area contributed by atoms with Gasteiger partial charge in [0.05, 0.1) is 21.7 Å². The standard InChI is InChI=1S/C21H15ClN6O/c1-12-18(20-23-9-4-10-28(20)27-12)21(29)24-13-7-8-16-17(11-13)26-19(25-16)14-5-2-3-6-15(14)22/h2-11H,1H3,(H,24,29)(H,25,26). The first-order valence-electron chi connectivity index (χ1n) is 8.96. The maximum absolute atomic E-state index is 12.9. The molecule has 5 rings (SSSR count). The monoisotopic (exact) mass is 402 g/mol. The van der Waals surface area contributed by atoms with Crippen LogP contribution >= 0.6 is 11.6 Å². The van der Waals surface area contributed by atoms with E-state index in [2.05, 4.69) is 25.4 Å². The summed E-state index contributed by atoms with van der Waals surface area (Å²) in [7, 11) is 0. The molecule has 5 aromatic rings. The van der Waals surface area contributed by atoms with E-state index in [1.807, 2.05) is 42.5 Å². The minimum atomic E-state index is -0.263. The molecule has 0 saturated carbocycles. The number of amides is 1. The number of imidazole rings is 1. The highest BCUT2D eigenvalue weighted by molar-refractivity contribution is 6.33. The number of fused-ring (bicyclic) bond motifs is 2. The predicted octanol–water partition coefficient (Wildman–Crippen LogP) is 4.49. The lowest BCUT2D eigenvalue weighted by atomic mass is 10.2. The fraction of sp³-hybridized carbons (Fsp3) is 0.0476. The third-order valence-corrected chi connectivity index (χ3v) is 5.00. The molecule has 0 fully saturated rings. The van der Waals surface area contributed by atoms with Gasteiger partial charge in [-0.3, -0.25) is 4.79 Å². The van der Waals surface area contributed by atoms with Crippen molar-refractivity contribution in [2.75, 3.05) is 5.32 Å². The Balaban J connectivity index is 1.48. The van der Waals surface area contributed by atoms with Gasteiger partial charge in [-0.05, 0) is 43.3 Å². The predicted molar refractivity (Wildman–Crippen MR) is 112 cm³/mol. The summed E-state index contributed by atoms with van der Waals surface area (Å²) < 4.78 is 1.60. The van der Waals surface area contributed by atoms with Crippen LogP contribution in [0.5, 0.6) is 0 Å². The Morgan fingerprint density at radius 2 is 2.03 bits per heavy atom. The number of anilines is 1. The largest absolute Gasteiger partial charge is 0.338 e. The Morgan fingerprint density at radius 1 is 1.17 bits per heavy atom. The second-order valence-electron chi connectivity index (χ2n) is 6.60. The molecular formula is C21H15ClN6O. The van der Waals surface area contributed by atoms with E-state index < -0.39 is 0 Å². The molecule has 2 N–H and O–H groups in total. The Bertz CT molecular complexity index is 1390. The van der Waals surface area contributed by atoms with Gasteiger partial charge in [-0.1, -0.05) is 23.7 Å². The zero-order valence-electron chi connectivity index (χ0n) is 15.3. The number of rotatable bonds is 3. The SMILES string of the molecule is Cc1nn2cccnc2c1C(=O)Nc1ccc2nc(-c3ccccc3Cl)[nH]c2c1. The van der Waals surface area contributed by atoms with E-state index >= 15 is 0 Å². The maximum atomic E-state index is 12.9. The van der Waals surface area contributed by atoms with Gasteiger partial charge in [-0.25, -0.2) is 14.5 Å². The molecule has 2 aromatic carbocycles. The molecule has 3 aromatic heterocycles. The summed E-state index contributed by atoms with van der Waals surface area (Å²) in [6.45, 7) is 1.79. The van der Waals surface area contributed by atoms with Crippen molar-refractivity contribution < 1.29 is 4.79 Å². The number of carbonyl (C=O) groups is 1. The quantitative estimate of drug-likeness (QED) is 0.465. The van der Waals surface area contributed by atoms with Crippen LogP contribution in [-0.2, 0) is 0 Å². The Kier molecular flexibility index (Phi) is 4.03. The molecule has 0 aliphatic carbocycles. The first-order valence-corrected chi connectivity index (χ1v) is 9.34. The third kappa shape index (κ3) is 3.01. The van der Waals surface area contributed by atoms with Crippen LogP contribution in [0.4, 0.5) is 5.69 Å². The Hall–Kier alpha value is -3.71. The van der Waals surface area contributed by atoms with Gasteiger partial charge in [0.2, 0.25) is 0 Å². The molecule has 3 heterocycles. The minimum Gasteiger partial charge on any atom is -0.338 e. The average molecular weight is 403 g/mol. The summed E-state index contributed by atoms with van der Waals surface area (Å²) in [5.74, 6) is 0.415. The zero-order chi connectivity index (χ0) is 20.0. The highest BCUT2D eigenvalue weighted by Gasteiger charge is 2.18. The molecule has 0 unspecified atom stereocenters. The maximum Gasteiger partial charge on any atom is 0.261 e. The van der Waals surface area contributed by atoms with E-state index in [1.54, 1.807) is 29.9 Å². The summed E-state index contributed by atoms with van der Waals surface area (Å²) in [6, 6.07) is 14.8. The van der Waals surface area contributed by atoms with Crippen molar-refractivity contribution in [1.82, 2.24) is 24.6 Å². The molecule has 0 aliphatic heterocycles. The molecule has 0 atom stereocenters. The second kappa shape index (κ2) is 6.72. The minimum absolute atomic E-state index is 0.263. The number of aromatic nitrogens is 5. The lowest BCUT2D eigenvalue weighted by Crippen LogP contribution is -2.13. The van der Waals surface area contributed by atoms with Crippen molar-refractivity contribution in [3.8, 4) is 11.4 Å². The smallest absolute Gasteiger partial charge is 0.261 e. The number of benzene rings is 2. The molecule has 0 radical (unpaired) electrons. The van der Waals surface area contributed by atoms with Crippen LogP contribution in [0.2, 0.25) is 5.02 Å². The van der Waals surface area contributed by atoms with Crippen LogP contribution < -0.4 is 5.32 Å². The number of halogens is 1. The Morgan fingerprint density at radius 3 is 2.90 bits per heavy atom. The van der Waals surface area contributed by atoms with Crippen molar-refractivity contribution in [3.05, 3.63) is 77.2 Å². The van der Waals surface area contributed by atoms with Crippen molar-refractivity contribution in [2.24, 2.45) is 0 Å². The summed E-state index contributed by atoms with van der Waals surface area (Å²) >= 11 is 6.28. The number of aryl methyl sites for hydroxylation is 1. The number of nitrogens with one attached hydrogen (secondary N) is 2. The van der Waals surface area contributed by atoms with Crippen LogP contribution in [-0.4, -0.2) is 30.5 Å². The van der Waals surface area contributed by atoms with Gasteiger partial charge in [-0.15, -0.1) is 0 Å². The molecule has 0 saturated heterocycles. The molecule has 0 bridgehead atoms. The summed E-state index contributed by atoms with van der Waals surface area (Å²) in [5, 5.41) is 7.88. The van der Waals surface area contributed by atoms with Crippen LogP contribution in [0.1, 0.15) is 16.1 Å².